The summed E-state index contributed by atoms with van der Waals surface area (Å²) in [5.74, 6) is 0. The average Bonchev–Trinajstić information content (AvgIpc) is 4.03. The lowest BCUT2D eigenvalue weighted by Crippen LogP contribution is -2.15. The fraction of sp³-hybridized carbons (Fsp3) is 0.0526. The van der Waals surface area contributed by atoms with Crippen LogP contribution in [-0.4, -0.2) is 4.98 Å². The van der Waals surface area contributed by atoms with Gasteiger partial charge in [0.05, 0.1) is 0 Å². The van der Waals surface area contributed by atoms with Gasteiger partial charge in [0, 0.05) is 48.8 Å². The molecule has 12 aromatic rings. The Morgan fingerprint density at radius 1 is 0.350 bits per heavy atom. The van der Waals surface area contributed by atoms with E-state index in [1.165, 1.54) is 83.1 Å². The van der Waals surface area contributed by atoms with Gasteiger partial charge >= 0.3 is 0 Å². The van der Waals surface area contributed by atoms with Gasteiger partial charge in [-0.1, -0.05) is 123 Å². The molecule has 0 amide bonds. The number of fused-ring (bicyclic) bond motifs is 13. The quantitative estimate of drug-likeness (QED) is 0.194. The lowest BCUT2D eigenvalue weighted by Gasteiger charge is -2.23. The van der Waals surface area contributed by atoms with Crippen molar-refractivity contribution in [3.8, 4) is 55.6 Å². The van der Waals surface area contributed by atoms with E-state index in [0.29, 0.717) is 0 Å². The zero-order chi connectivity index (χ0) is 39.7. The molecule has 1 N–H and O–H groups in total. The molecule has 0 aliphatic heterocycles. The fourth-order valence-electron chi connectivity index (χ4n) is 10.2. The van der Waals surface area contributed by atoms with Crippen molar-refractivity contribution in [2.24, 2.45) is 0 Å². The number of H-pyrrole nitrogens is 1. The van der Waals surface area contributed by atoms with Crippen LogP contribution in [0.25, 0.3) is 121 Å². The standard InChI is InChI=1S/C57H37NO2/c1-57(2)48-32-40(39-18-26-54-46(30-39)44-28-36(16-24-52(44)60-54)34-11-7-4-8-12-34)13-19-41(48)42-20-22-50-55(56(42)57)47-31-37(14-21-49(47)58-50)38-17-25-53-45(29-38)43-27-35(15-23-51(43)59-53)33-9-5-3-6-10-33/h3-32,58H,1-2H3. The second-order valence-corrected chi connectivity index (χ2v) is 17.0. The van der Waals surface area contributed by atoms with Gasteiger partial charge < -0.3 is 13.8 Å². The van der Waals surface area contributed by atoms with Crippen molar-refractivity contribution in [2.75, 3.05) is 0 Å². The molecule has 0 bridgehead atoms. The van der Waals surface area contributed by atoms with E-state index >= 15 is 0 Å². The van der Waals surface area contributed by atoms with Crippen molar-refractivity contribution in [1.29, 1.82) is 0 Å². The molecule has 3 heterocycles. The van der Waals surface area contributed by atoms with Crippen LogP contribution in [0.1, 0.15) is 25.0 Å². The van der Waals surface area contributed by atoms with Crippen molar-refractivity contribution in [3.63, 3.8) is 0 Å². The number of nitrogens with one attached hydrogen (secondary N) is 1. The Bertz CT molecular complexity index is 3730. The molecule has 0 saturated carbocycles. The van der Waals surface area contributed by atoms with Crippen molar-refractivity contribution in [3.05, 3.63) is 193 Å². The molecule has 0 atom stereocenters. The lowest BCUT2D eigenvalue weighted by atomic mass is 9.79. The van der Waals surface area contributed by atoms with Gasteiger partial charge in [0.15, 0.2) is 0 Å². The van der Waals surface area contributed by atoms with E-state index in [-0.39, 0.29) is 5.41 Å². The smallest absolute Gasteiger partial charge is 0.135 e. The first-order valence-electron chi connectivity index (χ1n) is 20.7. The van der Waals surface area contributed by atoms with Gasteiger partial charge in [-0.15, -0.1) is 0 Å². The summed E-state index contributed by atoms with van der Waals surface area (Å²) in [6.07, 6.45) is 0. The maximum atomic E-state index is 6.33. The molecule has 60 heavy (non-hydrogen) atoms. The molecule has 13 rings (SSSR count). The van der Waals surface area contributed by atoms with Crippen LogP contribution in [0.3, 0.4) is 0 Å². The minimum absolute atomic E-state index is 0.229. The molecule has 282 valence electrons. The van der Waals surface area contributed by atoms with Gasteiger partial charge in [-0.2, -0.15) is 0 Å². The lowest BCUT2D eigenvalue weighted by molar-refractivity contribution is 0.666. The van der Waals surface area contributed by atoms with E-state index in [1.807, 2.05) is 0 Å². The first kappa shape index (κ1) is 33.4. The molecule has 0 fully saturated rings. The molecule has 3 nitrogen and oxygen atoms in total. The number of benzene rings is 9. The van der Waals surface area contributed by atoms with E-state index in [0.717, 1.165) is 49.4 Å². The number of furan rings is 2. The van der Waals surface area contributed by atoms with Gasteiger partial charge in [0.2, 0.25) is 0 Å². The Balaban J connectivity index is 0.908. The molecule has 0 saturated heterocycles. The molecule has 3 heteroatoms. The fourth-order valence-corrected chi connectivity index (χ4v) is 10.2. The Labute approximate surface area is 346 Å². The number of hydrogen-bond donors (Lipinski definition) is 1. The SMILES string of the molecule is CC1(C)c2cc(-c3ccc4oc5ccc(-c6ccccc6)cc5c4c3)ccc2-c2ccc3[nH]c4ccc(-c5ccc6oc7ccc(-c8ccccc8)cc7c6c5)cc4c3c21. The third-order valence-corrected chi connectivity index (χ3v) is 13.2. The molecule has 1 aliphatic rings. The van der Waals surface area contributed by atoms with E-state index in [4.69, 9.17) is 8.83 Å². The van der Waals surface area contributed by atoms with E-state index in [9.17, 15) is 0 Å². The first-order valence-corrected chi connectivity index (χ1v) is 20.7. The van der Waals surface area contributed by atoms with Crippen LogP contribution in [0.2, 0.25) is 0 Å². The second-order valence-electron chi connectivity index (χ2n) is 17.0. The largest absolute Gasteiger partial charge is 0.456 e. The van der Waals surface area contributed by atoms with Crippen molar-refractivity contribution < 1.29 is 8.83 Å². The molecule has 0 unspecified atom stereocenters. The molecule has 0 radical (unpaired) electrons. The molecule has 3 aromatic heterocycles. The molecule has 9 aromatic carbocycles. The van der Waals surface area contributed by atoms with Gasteiger partial charge in [-0.05, 0) is 140 Å². The minimum atomic E-state index is -0.229. The zero-order valence-corrected chi connectivity index (χ0v) is 33.1. The highest BCUT2D eigenvalue weighted by molar-refractivity contribution is 6.15. The van der Waals surface area contributed by atoms with Crippen LogP contribution in [0.5, 0.6) is 0 Å². The third kappa shape index (κ3) is 4.84. The maximum Gasteiger partial charge on any atom is 0.135 e. The number of rotatable bonds is 4. The van der Waals surface area contributed by atoms with Crippen LogP contribution >= 0.6 is 0 Å². The summed E-state index contributed by atoms with van der Waals surface area (Å²) in [5, 5.41) is 7.08. The van der Waals surface area contributed by atoms with Crippen LogP contribution in [0.4, 0.5) is 0 Å². The number of aromatic amines is 1. The summed E-state index contributed by atoms with van der Waals surface area (Å²) in [4.78, 5) is 3.78. The molecule has 0 spiro atoms. The Hall–Kier alpha value is -7.62. The van der Waals surface area contributed by atoms with E-state index in [1.54, 1.807) is 0 Å². The topological polar surface area (TPSA) is 42.1 Å². The van der Waals surface area contributed by atoms with Gasteiger partial charge in [-0.3, -0.25) is 0 Å². The first-order chi connectivity index (χ1) is 29.4. The second kappa shape index (κ2) is 12.2. The predicted octanol–water partition coefficient (Wildman–Crippen LogP) is 16.1. The Kier molecular flexibility index (Phi) is 6.78. The van der Waals surface area contributed by atoms with Crippen LogP contribution in [0.15, 0.2) is 191 Å². The third-order valence-electron chi connectivity index (χ3n) is 13.2. The summed E-state index contributed by atoms with van der Waals surface area (Å²) in [7, 11) is 0. The van der Waals surface area contributed by atoms with E-state index < -0.39 is 0 Å². The number of hydrogen-bond acceptors (Lipinski definition) is 2. The average molecular weight is 768 g/mol. The Morgan fingerprint density at radius 2 is 0.750 bits per heavy atom. The van der Waals surface area contributed by atoms with Crippen LogP contribution < -0.4 is 0 Å². The van der Waals surface area contributed by atoms with Crippen molar-refractivity contribution in [1.82, 2.24) is 4.98 Å². The monoisotopic (exact) mass is 767 g/mol. The highest BCUT2D eigenvalue weighted by Gasteiger charge is 2.38. The maximum absolute atomic E-state index is 6.33. The van der Waals surface area contributed by atoms with Crippen LogP contribution in [0, 0.1) is 0 Å². The number of aromatic nitrogens is 1. The molecule has 1 aliphatic carbocycles. The summed E-state index contributed by atoms with van der Waals surface area (Å²) in [5.41, 5.74) is 20.6. The highest BCUT2D eigenvalue weighted by atomic mass is 16.3. The van der Waals surface area contributed by atoms with Crippen LogP contribution in [-0.2, 0) is 5.41 Å². The summed E-state index contributed by atoms with van der Waals surface area (Å²) < 4.78 is 12.7. The van der Waals surface area contributed by atoms with Gasteiger partial charge in [-0.25, -0.2) is 0 Å². The van der Waals surface area contributed by atoms with Gasteiger partial charge in [0.25, 0.3) is 0 Å². The zero-order valence-electron chi connectivity index (χ0n) is 33.1. The minimum Gasteiger partial charge on any atom is -0.456 e. The van der Waals surface area contributed by atoms with Crippen molar-refractivity contribution in [2.45, 2.75) is 19.3 Å². The van der Waals surface area contributed by atoms with Gasteiger partial charge in [0.1, 0.15) is 22.3 Å². The van der Waals surface area contributed by atoms with Crippen molar-refractivity contribution >= 4 is 65.7 Å². The summed E-state index contributed by atoms with van der Waals surface area (Å²) >= 11 is 0. The Morgan fingerprint density at radius 3 is 1.27 bits per heavy atom. The molecular formula is C57H37NO2. The summed E-state index contributed by atoms with van der Waals surface area (Å²) in [6, 6.07) is 65.9. The summed E-state index contributed by atoms with van der Waals surface area (Å²) in [6.45, 7) is 4.78. The highest BCUT2D eigenvalue weighted by Crippen LogP contribution is 2.54. The normalized spacial score (nSPS) is 13.3. The predicted molar refractivity (Wildman–Crippen MR) is 250 cm³/mol. The van der Waals surface area contributed by atoms with E-state index in [2.05, 4.69) is 201 Å². The molecular weight excluding hydrogens is 731 g/mol.